The summed E-state index contributed by atoms with van der Waals surface area (Å²) in [5, 5.41) is 32.8. The number of para-hydroxylation sites is 2. The summed E-state index contributed by atoms with van der Waals surface area (Å²) in [6.07, 6.45) is 2.23. The number of carboxylic acid groups (broad SMARTS) is 1. The lowest BCUT2D eigenvalue weighted by Crippen LogP contribution is -2.42. The van der Waals surface area contributed by atoms with Crippen LogP contribution in [0.4, 0.5) is 16.2 Å². The van der Waals surface area contributed by atoms with Crippen LogP contribution in [0.25, 0.3) is 43.4 Å². The monoisotopic (exact) mass is 1060 g/mol. The molecule has 21 heteroatoms. The Hall–Kier alpha value is -6.77. The fraction of sp³-hybridized carbons (Fsp3) is 0.275. The van der Waals surface area contributed by atoms with Crippen molar-refractivity contribution in [1.29, 1.82) is 0 Å². The number of carbonyl (C=O) groups excluding carboxylic acids is 2. The van der Waals surface area contributed by atoms with Crippen LogP contribution in [0.3, 0.4) is 0 Å². The maximum Gasteiger partial charge on any atom is 0.410 e. The number of nitrogen functional groups attached to an aromatic ring is 1. The van der Waals surface area contributed by atoms with Crippen molar-refractivity contribution in [2.75, 3.05) is 37.2 Å². The van der Waals surface area contributed by atoms with Crippen molar-refractivity contribution in [1.82, 2.24) is 30.6 Å². The fourth-order valence-electron chi connectivity index (χ4n) is 8.60. The molecule has 7 N–H and O–H groups in total. The number of likely N-dealkylation sites (tertiary alicyclic amines) is 1. The number of benzene rings is 6. The van der Waals surface area contributed by atoms with E-state index >= 15 is 0 Å². The Bertz CT molecular complexity index is 3470. The third kappa shape index (κ3) is 11.8. The summed E-state index contributed by atoms with van der Waals surface area (Å²) < 4.78 is 58.5. The molecule has 0 aliphatic carbocycles. The maximum absolute atomic E-state index is 13.5. The van der Waals surface area contributed by atoms with Crippen molar-refractivity contribution in [2.24, 2.45) is 11.8 Å². The fourth-order valence-corrected chi connectivity index (χ4v) is 11.7. The van der Waals surface area contributed by atoms with Crippen LogP contribution in [0.1, 0.15) is 46.5 Å². The van der Waals surface area contributed by atoms with E-state index in [-0.39, 0.29) is 68.5 Å². The Kier molecular flexibility index (Phi) is 17.2. The van der Waals surface area contributed by atoms with Gasteiger partial charge >= 0.3 is 12.1 Å². The average molecular weight is 1060 g/mol. The molecule has 0 saturated carbocycles. The van der Waals surface area contributed by atoms with Crippen LogP contribution in [0.5, 0.6) is 0 Å². The summed E-state index contributed by atoms with van der Waals surface area (Å²) >= 11 is 0. The maximum atomic E-state index is 13.5. The lowest BCUT2D eigenvalue weighted by atomic mass is 9.97. The van der Waals surface area contributed by atoms with Crippen molar-refractivity contribution in [3.8, 4) is 0 Å². The van der Waals surface area contributed by atoms with E-state index in [9.17, 15) is 31.2 Å². The number of H-pyrrole nitrogens is 2. The zero-order chi connectivity index (χ0) is 49.8. The number of fused-ring (bicyclic) bond motifs is 4. The number of halogens is 2. The van der Waals surface area contributed by atoms with Gasteiger partial charge in [-0.1, -0.05) is 84.9 Å². The average Bonchev–Trinajstić information content (AvgIpc) is 4.02. The zero-order valence-electron chi connectivity index (χ0n) is 39.6. The molecule has 0 unspecified atom stereocenters. The summed E-state index contributed by atoms with van der Waals surface area (Å²) in [6, 6.07) is 35.5. The van der Waals surface area contributed by atoms with Crippen molar-refractivity contribution in [3.63, 3.8) is 0 Å². The normalized spacial score (nSPS) is 14.5. The number of amides is 2. The highest BCUT2D eigenvalue weighted by molar-refractivity contribution is 7.92. The van der Waals surface area contributed by atoms with Gasteiger partial charge in [-0.05, 0) is 107 Å². The largest absolute Gasteiger partial charge is 0.481 e. The van der Waals surface area contributed by atoms with Gasteiger partial charge in [0.05, 0.1) is 27.1 Å². The number of ether oxygens (including phenoxy) is 1. The van der Waals surface area contributed by atoms with Gasteiger partial charge in [0, 0.05) is 40.6 Å². The third-order valence-electron chi connectivity index (χ3n) is 12.2. The molecule has 72 heavy (non-hydrogen) atoms. The number of piperidine rings is 2. The molecule has 0 bridgehead atoms. The van der Waals surface area contributed by atoms with E-state index in [1.165, 1.54) is 0 Å². The number of aliphatic carboxylic acids is 1. The van der Waals surface area contributed by atoms with Crippen molar-refractivity contribution in [3.05, 3.63) is 121 Å². The number of rotatable bonds is 7. The minimum absolute atomic E-state index is 0. The molecular formula is C51H56Cl2N8O9S2. The summed E-state index contributed by atoms with van der Waals surface area (Å²) in [4.78, 5) is 37.1. The van der Waals surface area contributed by atoms with Crippen molar-refractivity contribution < 1.29 is 41.1 Å². The Morgan fingerprint density at radius 3 is 1.62 bits per heavy atom. The van der Waals surface area contributed by atoms with Crippen LogP contribution in [0, 0.1) is 11.8 Å². The first-order valence-corrected chi connectivity index (χ1v) is 25.8. The smallest absolute Gasteiger partial charge is 0.410 e. The molecular weight excluding hydrogens is 1000 g/mol. The Morgan fingerprint density at radius 2 is 1.10 bits per heavy atom. The molecule has 4 heterocycles. The first kappa shape index (κ1) is 54.6. The molecule has 0 atom stereocenters. The van der Waals surface area contributed by atoms with E-state index in [0.717, 1.165) is 36.7 Å². The number of hydrogen-bond acceptors (Lipinski definition) is 12. The van der Waals surface area contributed by atoms with Crippen molar-refractivity contribution >= 4 is 117 Å². The van der Waals surface area contributed by atoms with E-state index in [2.05, 4.69) is 31.0 Å². The lowest BCUT2D eigenvalue weighted by molar-refractivity contribution is -0.143. The Balaban J connectivity index is 0.000000184. The highest BCUT2D eigenvalue weighted by atomic mass is 35.5. The summed E-state index contributed by atoms with van der Waals surface area (Å²) in [5.41, 5.74) is 7.22. The van der Waals surface area contributed by atoms with E-state index in [1.54, 1.807) is 77.7 Å². The van der Waals surface area contributed by atoms with Crippen LogP contribution < -0.4 is 16.4 Å². The molecule has 0 spiro atoms. The predicted octanol–water partition coefficient (Wildman–Crippen LogP) is 9.18. The number of anilines is 2. The molecule has 2 aliphatic rings. The molecule has 8 aromatic rings. The quantitative estimate of drug-likeness (QED) is 0.0815. The van der Waals surface area contributed by atoms with Crippen LogP contribution >= 0.6 is 24.8 Å². The van der Waals surface area contributed by atoms with Gasteiger partial charge in [0.1, 0.15) is 16.6 Å². The Morgan fingerprint density at radius 1 is 0.639 bits per heavy atom. The second kappa shape index (κ2) is 22.8. The number of aromatic amines is 2. The van der Waals surface area contributed by atoms with Gasteiger partial charge in [-0.3, -0.25) is 19.8 Å². The number of hydrogen-bond donors (Lipinski definition) is 6. The van der Waals surface area contributed by atoms with E-state index in [0.29, 0.717) is 69.9 Å². The van der Waals surface area contributed by atoms with Crippen molar-refractivity contribution in [2.45, 2.75) is 71.9 Å². The second-order valence-corrected chi connectivity index (χ2v) is 21.8. The topological polar surface area (TPSA) is 260 Å². The van der Waals surface area contributed by atoms with Gasteiger partial charge in [-0.2, -0.15) is 10.2 Å². The van der Waals surface area contributed by atoms with Gasteiger partial charge in [0.25, 0.3) is 0 Å². The second-order valence-electron chi connectivity index (χ2n) is 18.1. The number of aromatic nitrogens is 4. The molecule has 2 amide bonds. The lowest BCUT2D eigenvalue weighted by Gasteiger charge is -2.32. The summed E-state index contributed by atoms with van der Waals surface area (Å²) in [7, 11) is -7.59. The predicted molar refractivity (Wildman–Crippen MR) is 282 cm³/mol. The van der Waals surface area contributed by atoms with Crippen LogP contribution in [-0.4, -0.2) is 97.0 Å². The highest BCUT2D eigenvalue weighted by Crippen LogP contribution is 2.35. The zero-order valence-corrected chi connectivity index (χ0v) is 42.9. The SMILES string of the molecule is CC(C)(C)OC(=O)N1CCC(C(=O)O)CC1.Cl.Cl.Nc1cccc2c(S(=O)(=O)c3cccc4ccccc34)[nH]nc12.O=C(Nc1cccc2c(S(=O)(=O)c3cccc4ccccc34)[nH]nc12)C1CCNCC1. The van der Waals surface area contributed by atoms with Gasteiger partial charge < -0.3 is 31.1 Å². The first-order valence-electron chi connectivity index (χ1n) is 22.8. The number of nitrogens with two attached hydrogens (primary N) is 1. The number of nitrogens with one attached hydrogen (secondary N) is 4. The molecule has 2 aliphatic heterocycles. The van der Waals surface area contributed by atoms with Crippen LogP contribution in [0.2, 0.25) is 0 Å². The Labute approximate surface area is 428 Å². The van der Waals surface area contributed by atoms with Gasteiger partial charge in [0.15, 0.2) is 10.1 Å². The minimum atomic E-state index is -3.85. The third-order valence-corrected chi connectivity index (χ3v) is 15.8. The molecule has 2 saturated heterocycles. The summed E-state index contributed by atoms with van der Waals surface area (Å²) in [5.74, 6) is -1.22. The van der Waals surface area contributed by atoms with E-state index < -0.39 is 31.2 Å². The minimum Gasteiger partial charge on any atom is -0.481 e. The highest BCUT2D eigenvalue weighted by Gasteiger charge is 2.31. The molecule has 10 rings (SSSR count). The number of nitrogens with zero attached hydrogens (tertiary/aromatic N) is 3. The van der Waals surface area contributed by atoms with Crippen LogP contribution in [-0.2, 0) is 34.0 Å². The number of sulfone groups is 2. The van der Waals surface area contributed by atoms with Gasteiger partial charge in [0.2, 0.25) is 25.6 Å². The molecule has 2 fully saturated rings. The number of carbonyl (C=O) groups is 3. The first-order chi connectivity index (χ1) is 33.4. The molecule has 6 aromatic carbocycles. The molecule has 17 nitrogen and oxygen atoms in total. The molecule has 380 valence electrons. The van der Waals surface area contributed by atoms with Crippen LogP contribution in [0.15, 0.2) is 141 Å². The van der Waals surface area contributed by atoms with Gasteiger partial charge in [-0.25, -0.2) is 21.6 Å². The molecule has 2 aromatic heterocycles. The van der Waals surface area contributed by atoms with E-state index in [1.807, 2.05) is 69.3 Å². The van der Waals surface area contributed by atoms with Gasteiger partial charge in [-0.15, -0.1) is 24.8 Å². The number of carboxylic acids is 1. The standard InChI is InChI=1S/C23H22N4O3S.C17H13N3O2S.C11H19NO4.2ClH/c28-22(16-11-13-24-14-12-16)25-19-9-4-8-18-21(19)26-27-23(18)31(29,30)20-10-3-6-15-5-1-2-7-17(15)20;18-14-9-4-8-13-16(14)19-20-17(13)23(21,22)15-10-3-6-11-5-1-2-7-12(11)15;1-11(2,3)16-10(15)12-6-4-8(5-7-12)9(13)14;;/h1-10,16,24H,11-14H2,(H,25,28)(H,26,27);1-10H,18H2,(H,19,20);8H,4-7H2,1-3H3,(H,13,14);2*1H. The van der Waals surface area contributed by atoms with E-state index in [4.69, 9.17) is 15.6 Å². The summed E-state index contributed by atoms with van der Waals surface area (Å²) in [6.45, 7) is 8.01. The molecule has 0 radical (unpaired) electrons.